The van der Waals surface area contributed by atoms with E-state index in [1.807, 2.05) is 19.1 Å². The van der Waals surface area contributed by atoms with E-state index in [2.05, 4.69) is 16.7 Å². The summed E-state index contributed by atoms with van der Waals surface area (Å²) in [6, 6.07) is 9.42. The summed E-state index contributed by atoms with van der Waals surface area (Å²) < 4.78 is 0. The lowest BCUT2D eigenvalue weighted by atomic mass is 9.95. The Balaban J connectivity index is 1.84. The number of piperidine rings is 1. The fraction of sp³-hybridized carbons (Fsp3) is 0.500. The number of nitriles is 1. The Morgan fingerprint density at radius 1 is 1.50 bits per heavy atom. The summed E-state index contributed by atoms with van der Waals surface area (Å²) in [6.45, 7) is 3.98. The number of hydrogen-bond donors (Lipinski definition) is 2. The molecular formula is C16H21N3O. The second kappa shape index (κ2) is 7.06. The number of carbonyl (C=O) groups is 1. The first kappa shape index (κ1) is 14.5. The summed E-state index contributed by atoms with van der Waals surface area (Å²) in [5.41, 5.74) is 1.67. The number of hydrogen-bond acceptors (Lipinski definition) is 3. The summed E-state index contributed by atoms with van der Waals surface area (Å²) in [5, 5.41) is 15.1. The van der Waals surface area contributed by atoms with E-state index >= 15 is 0 Å². The van der Waals surface area contributed by atoms with Crippen molar-refractivity contribution in [1.29, 1.82) is 5.26 Å². The van der Waals surface area contributed by atoms with Gasteiger partial charge in [0.25, 0.3) is 0 Å². The molecule has 1 heterocycles. The number of benzene rings is 1. The van der Waals surface area contributed by atoms with Crippen LogP contribution in [0.25, 0.3) is 0 Å². The van der Waals surface area contributed by atoms with Gasteiger partial charge in [0.05, 0.1) is 17.7 Å². The van der Waals surface area contributed by atoms with Gasteiger partial charge in [-0.25, -0.2) is 0 Å². The minimum Gasteiger partial charge on any atom is -0.350 e. The van der Waals surface area contributed by atoms with Gasteiger partial charge >= 0.3 is 0 Å². The molecule has 0 aromatic heterocycles. The van der Waals surface area contributed by atoms with E-state index in [0.29, 0.717) is 17.9 Å². The molecule has 1 saturated heterocycles. The van der Waals surface area contributed by atoms with Crippen molar-refractivity contribution >= 4 is 5.91 Å². The van der Waals surface area contributed by atoms with Gasteiger partial charge in [0.1, 0.15) is 0 Å². The quantitative estimate of drug-likeness (QED) is 0.881. The smallest absolute Gasteiger partial charge is 0.220 e. The minimum absolute atomic E-state index is 0.0215. The number of nitrogens with zero attached hydrogens (tertiary/aromatic N) is 1. The van der Waals surface area contributed by atoms with E-state index in [1.54, 1.807) is 12.1 Å². The van der Waals surface area contributed by atoms with Crippen molar-refractivity contribution in [3.8, 4) is 6.07 Å². The van der Waals surface area contributed by atoms with Crippen molar-refractivity contribution in [3.05, 3.63) is 35.4 Å². The Labute approximate surface area is 120 Å². The minimum atomic E-state index is -0.0215. The second-order valence-corrected chi connectivity index (χ2v) is 5.44. The molecule has 1 aromatic rings. The van der Waals surface area contributed by atoms with Crippen molar-refractivity contribution in [2.45, 2.75) is 32.2 Å². The molecule has 1 amide bonds. The van der Waals surface area contributed by atoms with Crippen LogP contribution in [0, 0.1) is 17.2 Å². The molecular weight excluding hydrogens is 250 g/mol. The normalized spacial score (nSPS) is 19.9. The van der Waals surface area contributed by atoms with Gasteiger partial charge in [0.15, 0.2) is 0 Å². The summed E-state index contributed by atoms with van der Waals surface area (Å²) in [7, 11) is 0. The molecule has 1 aromatic carbocycles. The Morgan fingerprint density at radius 2 is 2.25 bits per heavy atom. The molecule has 106 valence electrons. The Morgan fingerprint density at radius 3 is 2.85 bits per heavy atom. The number of amides is 1. The van der Waals surface area contributed by atoms with E-state index in [-0.39, 0.29) is 11.9 Å². The van der Waals surface area contributed by atoms with Crippen LogP contribution in [0.2, 0.25) is 0 Å². The van der Waals surface area contributed by atoms with E-state index in [0.717, 1.165) is 31.5 Å². The molecule has 1 aliphatic rings. The molecule has 2 unspecified atom stereocenters. The third-order valence-corrected chi connectivity index (χ3v) is 3.79. The van der Waals surface area contributed by atoms with Crippen LogP contribution in [-0.2, 0) is 4.79 Å². The molecule has 0 radical (unpaired) electrons. The first-order chi connectivity index (χ1) is 9.69. The number of rotatable bonds is 4. The maximum absolute atomic E-state index is 12.0. The maximum atomic E-state index is 12.0. The molecule has 0 saturated carbocycles. The van der Waals surface area contributed by atoms with Crippen molar-refractivity contribution in [1.82, 2.24) is 10.6 Å². The van der Waals surface area contributed by atoms with Crippen LogP contribution < -0.4 is 10.6 Å². The predicted molar refractivity (Wildman–Crippen MR) is 77.9 cm³/mol. The Bertz CT molecular complexity index is 483. The third-order valence-electron chi connectivity index (χ3n) is 3.79. The third kappa shape index (κ3) is 4.07. The van der Waals surface area contributed by atoms with Gasteiger partial charge in [-0.2, -0.15) is 5.26 Å². The van der Waals surface area contributed by atoms with Crippen LogP contribution in [0.5, 0.6) is 0 Å². The zero-order valence-corrected chi connectivity index (χ0v) is 11.9. The van der Waals surface area contributed by atoms with Gasteiger partial charge < -0.3 is 10.6 Å². The van der Waals surface area contributed by atoms with E-state index in [1.165, 1.54) is 0 Å². The van der Waals surface area contributed by atoms with Gasteiger partial charge in [-0.3, -0.25) is 4.79 Å². The fourth-order valence-corrected chi connectivity index (χ4v) is 2.59. The van der Waals surface area contributed by atoms with Gasteiger partial charge in [-0.15, -0.1) is 0 Å². The summed E-state index contributed by atoms with van der Waals surface area (Å²) >= 11 is 0. The van der Waals surface area contributed by atoms with E-state index in [4.69, 9.17) is 5.26 Å². The van der Waals surface area contributed by atoms with E-state index in [9.17, 15) is 4.79 Å². The molecule has 2 rings (SSSR count). The average Bonchev–Trinajstić information content (AvgIpc) is 2.48. The number of carbonyl (C=O) groups excluding carboxylic acids is 1. The van der Waals surface area contributed by atoms with E-state index < -0.39 is 0 Å². The van der Waals surface area contributed by atoms with Gasteiger partial charge in [-0.05, 0) is 56.5 Å². The molecule has 2 atom stereocenters. The largest absolute Gasteiger partial charge is 0.350 e. The van der Waals surface area contributed by atoms with Crippen molar-refractivity contribution in [3.63, 3.8) is 0 Å². The van der Waals surface area contributed by atoms with Crippen molar-refractivity contribution < 1.29 is 4.79 Å². The molecule has 1 aliphatic heterocycles. The first-order valence-electron chi connectivity index (χ1n) is 7.19. The van der Waals surface area contributed by atoms with Crippen LogP contribution in [0.1, 0.15) is 43.4 Å². The van der Waals surface area contributed by atoms with Crippen LogP contribution >= 0.6 is 0 Å². The van der Waals surface area contributed by atoms with Crippen molar-refractivity contribution in [2.75, 3.05) is 13.1 Å². The molecule has 0 aliphatic carbocycles. The lowest BCUT2D eigenvalue weighted by Gasteiger charge is -2.23. The SMILES string of the molecule is CC(NC(=O)CC1CCCNC1)c1ccc(C#N)cc1. The maximum Gasteiger partial charge on any atom is 0.220 e. The fourth-order valence-electron chi connectivity index (χ4n) is 2.59. The summed E-state index contributed by atoms with van der Waals surface area (Å²) in [4.78, 5) is 12.0. The summed E-state index contributed by atoms with van der Waals surface area (Å²) in [5.74, 6) is 0.562. The zero-order chi connectivity index (χ0) is 14.4. The zero-order valence-electron chi connectivity index (χ0n) is 11.9. The van der Waals surface area contributed by atoms with Crippen molar-refractivity contribution in [2.24, 2.45) is 5.92 Å². The topological polar surface area (TPSA) is 64.9 Å². The standard InChI is InChI=1S/C16H21N3O/c1-12(15-6-4-13(10-17)5-7-15)19-16(20)9-14-3-2-8-18-11-14/h4-7,12,14,18H,2-3,8-9,11H2,1H3,(H,19,20). The second-order valence-electron chi connectivity index (χ2n) is 5.44. The molecule has 4 nitrogen and oxygen atoms in total. The van der Waals surface area contributed by atoms with Crippen LogP contribution in [-0.4, -0.2) is 19.0 Å². The van der Waals surface area contributed by atoms with Gasteiger partial charge in [-0.1, -0.05) is 12.1 Å². The van der Waals surface area contributed by atoms with Gasteiger partial charge in [0, 0.05) is 6.42 Å². The molecule has 4 heteroatoms. The lowest BCUT2D eigenvalue weighted by Crippen LogP contribution is -2.35. The average molecular weight is 271 g/mol. The van der Waals surface area contributed by atoms with Crippen LogP contribution in [0.15, 0.2) is 24.3 Å². The van der Waals surface area contributed by atoms with Crippen LogP contribution in [0.3, 0.4) is 0 Å². The Hall–Kier alpha value is -1.86. The lowest BCUT2D eigenvalue weighted by molar-refractivity contribution is -0.122. The van der Waals surface area contributed by atoms with Crippen LogP contribution in [0.4, 0.5) is 0 Å². The highest BCUT2D eigenvalue weighted by Crippen LogP contribution is 2.16. The number of nitrogens with one attached hydrogen (secondary N) is 2. The highest BCUT2D eigenvalue weighted by atomic mass is 16.1. The highest BCUT2D eigenvalue weighted by Gasteiger charge is 2.18. The van der Waals surface area contributed by atoms with Gasteiger partial charge in [0.2, 0.25) is 5.91 Å². The predicted octanol–water partition coefficient (Wildman–Crippen LogP) is 2.13. The molecule has 0 bridgehead atoms. The molecule has 2 N–H and O–H groups in total. The Kier molecular flexibility index (Phi) is 5.14. The molecule has 20 heavy (non-hydrogen) atoms. The highest BCUT2D eigenvalue weighted by molar-refractivity contribution is 5.76. The first-order valence-corrected chi connectivity index (χ1v) is 7.19. The monoisotopic (exact) mass is 271 g/mol. The molecule has 1 fully saturated rings. The summed E-state index contributed by atoms with van der Waals surface area (Å²) in [6.07, 6.45) is 2.88. The molecule has 0 spiro atoms.